The Morgan fingerprint density at radius 1 is 1.71 bits per heavy atom. The van der Waals surface area contributed by atoms with Crippen LogP contribution in [0.3, 0.4) is 0 Å². The molecule has 1 aliphatic heterocycles. The molecule has 0 spiro atoms. The highest BCUT2D eigenvalue weighted by molar-refractivity contribution is 7.99. The lowest BCUT2D eigenvalue weighted by Gasteiger charge is -2.09. The summed E-state index contributed by atoms with van der Waals surface area (Å²) < 4.78 is 0. The number of nitrogens with one attached hydrogen (secondary N) is 1. The maximum absolute atomic E-state index is 10.3. The van der Waals surface area contributed by atoms with Gasteiger partial charge in [-0.3, -0.25) is 0 Å². The topological polar surface area (TPSA) is 49.3 Å². The van der Waals surface area contributed by atoms with Gasteiger partial charge in [-0.2, -0.15) is 11.8 Å². The molecule has 1 heterocycles. The minimum atomic E-state index is -0.860. The summed E-state index contributed by atoms with van der Waals surface area (Å²) in [6.45, 7) is 3.54. The van der Waals surface area contributed by atoms with E-state index in [1.807, 2.05) is 18.7 Å². The van der Waals surface area contributed by atoms with Crippen molar-refractivity contribution >= 4 is 17.7 Å². The van der Waals surface area contributed by atoms with Crippen LogP contribution in [0.4, 0.5) is 0 Å². The Morgan fingerprint density at radius 3 is 3.07 bits per heavy atom. The molecule has 4 heteroatoms. The summed E-state index contributed by atoms with van der Waals surface area (Å²) in [4.78, 5) is 10.3. The lowest BCUT2D eigenvalue weighted by atomic mass is 10.1. The van der Waals surface area contributed by atoms with Crippen molar-refractivity contribution in [1.29, 1.82) is 0 Å². The Bertz CT molecular complexity index is 222. The molecular formula is C10H17NO2S. The van der Waals surface area contributed by atoms with E-state index in [0.717, 1.165) is 18.0 Å². The third-order valence-electron chi connectivity index (χ3n) is 2.23. The standard InChI is InChI=1S/C10H17NO2S/c1-8(4-10(12)13)5-11-6-9-2-3-14-7-9/h4,9,11H,2-3,5-7H2,1H3,(H,12,13). The van der Waals surface area contributed by atoms with Gasteiger partial charge in [-0.05, 0) is 37.3 Å². The summed E-state index contributed by atoms with van der Waals surface area (Å²) in [5.41, 5.74) is 0.878. The number of carboxylic acids is 1. The Morgan fingerprint density at radius 2 is 2.50 bits per heavy atom. The minimum Gasteiger partial charge on any atom is -0.478 e. The van der Waals surface area contributed by atoms with Crippen molar-refractivity contribution in [2.45, 2.75) is 13.3 Å². The number of carboxylic acid groups (broad SMARTS) is 1. The average molecular weight is 215 g/mol. The predicted octanol–water partition coefficient (Wildman–Crippen LogP) is 1.36. The van der Waals surface area contributed by atoms with E-state index in [2.05, 4.69) is 5.32 Å². The molecule has 0 saturated carbocycles. The fraction of sp³-hybridized carbons (Fsp3) is 0.700. The first-order chi connectivity index (χ1) is 6.68. The fourth-order valence-electron chi connectivity index (χ4n) is 1.48. The molecule has 1 fully saturated rings. The summed E-state index contributed by atoms with van der Waals surface area (Å²) in [6, 6.07) is 0. The number of aliphatic carboxylic acids is 1. The second-order valence-electron chi connectivity index (χ2n) is 3.69. The molecule has 0 aliphatic carbocycles. The molecule has 1 atom stereocenters. The normalized spacial score (nSPS) is 22.6. The Hall–Kier alpha value is -0.480. The zero-order valence-corrected chi connectivity index (χ0v) is 9.27. The van der Waals surface area contributed by atoms with Gasteiger partial charge in [-0.15, -0.1) is 0 Å². The van der Waals surface area contributed by atoms with Gasteiger partial charge < -0.3 is 10.4 Å². The first-order valence-electron chi connectivity index (χ1n) is 4.87. The Kier molecular flexibility index (Phi) is 5.04. The summed E-state index contributed by atoms with van der Waals surface area (Å²) in [5, 5.41) is 11.8. The average Bonchev–Trinajstić information content (AvgIpc) is 2.55. The summed E-state index contributed by atoms with van der Waals surface area (Å²) >= 11 is 2.00. The monoisotopic (exact) mass is 215 g/mol. The van der Waals surface area contributed by atoms with E-state index in [9.17, 15) is 4.79 Å². The van der Waals surface area contributed by atoms with Gasteiger partial charge >= 0.3 is 5.97 Å². The highest BCUT2D eigenvalue weighted by Gasteiger charge is 2.14. The second kappa shape index (κ2) is 6.09. The molecule has 0 radical (unpaired) electrons. The van der Waals surface area contributed by atoms with E-state index < -0.39 is 5.97 Å². The third kappa shape index (κ3) is 4.67. The molecule has 0 bridgehead atoms. The SMILES string of the molecule is CC(=CC(=O)O)CNCC1CCSC1. The molecule has 1 saturated heterocycles. The molecule has 2 N–H and O–H groups in total. The van der Waals surface area contributed by atoms with E-state index in [1.165, 1.54) is 24.0 Å². The molecule has 80 valence electrons. The van der Waals surface area contributed by atoms with Crippen LogP contribution in [0, 0.1) is 5.92 Å². The van der Waals surface area contributed by atoms with Crippen molar-refractivity contribution in [2.24, 2.45) is 5.92 Å². The number of rotatable bonds is 5. The number of carbonyl (C=O) groups is 1. The van der Waals surface area contributed by atoms with Crippen molar-refractivity contribution in [3.63, 3.8) is 0 Å². The molecule has 1 rings (SSSR count). The zero-order chi connectivity index (χ0) is 10.4. The first-order valence-corrected chi connectivity index (χ1v) is 6.02. The number of thioether (sulfide) groups is 1. The van der Waals surface area contributed by atoms with Gasteiger partial charge in [-0.25, -0.2) is 4.79 Å². The summed E-state index contributed by atoms with van der Waals surface area (Å²) in [5.74, 6) is 2.43. The van der Waals surface area contributed by atoms with E-state index >= 15 is 0 Å². The second-order valence-corrected chi connectivity index (χ2v) is 4.84. The van der Waals surface area contributed by atoms with Crippen LogP contribution in [0.2, 0.25) is 0 Å². The lowest BCUT2D eigenvalue weighted by molar-refractivity contribution is -0.131. The van der Waals surface area contributed by atoms with Gasteiger partial charge in [-0.1, -0.05) is 5.57 Å². The molecule has 0 aromatic rings. The maximum Gasteiger partial charge on any atom is 0.328 e. The van der Waals surface area contributed by atoms with Gasteiger partial charge in [0.2, 0.25) is 0 Å². The van der Waals surface area contributed by atoms with E-state index in [-0.39, 0.29) is 0 Å². The van der Waals surface area contributed by atoms with Crippen LogP contribution in [-0.4, -0.2) is 35.7 Å². The largest absolute Gasteiger partial charge is 0.478 e. The van der Waals surface area contributed by atoms with Crippen molar-refractivity contribution in [3.8, 4) is 0 Å². The van der Waals surface area contributed by atoms with E-state index in [4.69, 9.17) is 5.11 Å². The van der Waals surface area contributed by atoms with Crippen LogP contribution in [0.15, 0.2) is 11.6 Å². The predicted molar refractivity (Wildman–Crippen MR) is 59.7 cm³/mol. The maximum atomic E-state index is 10.3. The van der Waals surface area contributed by atoms with Crippen LogP contribution in [-0.2, 0) is 4.79 Å². The van der Waals surface area contributed by atoms with Crippen LogP contribution in [0.25, 0.3) is 0 Å². The molecule has 1 aliphatic rings. The van der Waals surface area contributed by atoms with Crippen molar-refractivity contribution in [1.82, 2.24) is 5.32 Å². The first kappa shape index (κ1) is 11.6. The number of hydrogen-bond donors (Lipinski definition) is 2. The van der Waals surface area contributed by atoms with Gasteiger partial charge in [0.25, 0.3) is 0 Å². The highest BCUT2D eigenvalue weighted by atomic mass is 32.2. The van der Waals surface area contributed by atoms with Crippen LogP contribution in [0.1, 0.15) is 13.3 Å². The highest BCUT2D eigenvalue weighted by Crippen LogP contribution is 2.22. The minimum absolute atomic E-state index is 0.688. The van der Waals surface area contributed by atoms with E-state index in [0.29, 0.717) is 6.54 Å². The van der Waals surface area contributed by atoms with Gasteiger partial charge in [0.15, 0.2) is 0 Å². The molecule has 0 amide bonds. The zero-order valence-electron chi connectivity index (χ0n) is 8.45. The van der Waals surface area contributed by atoms with Gasteiger partial charge in [0.05, 0.1) is 0 Å². The van der Waals surface area contributed by atoms with Crippen molar-refractivity contribution < 1.29 is 9.90 Å². The molecule has 0 aromatic carbocycles. The van der Waals surface area contributed by atoms with Gasteiger partial charge in [0.1, 0.15) is 0 Å². The quantitative estimate of drug-likeness (QED) is 0.680. The number of hydrogen-bond acceptors (Lipinski definition) is 3. The summed E-state index contributed by atoms with van der Waals surface area (Å²) in [6.07, 6.45) is 2.55. The van der Waals surface area contributed by atoms with Crippen LogP contribution < -0.4 is 5.32 Å². The molecule has 1 unspecified atom stereocenters. The van der Waals surface area contributed by atoms with E-state index in [1.54, 1.807) is 0 Å². The molecule has 0 aromatic heterocycles. The van der Waals surface area contributed by atoms with Crippen LogP contribution in [0.5, 0.6) is 0 Å². The fourth-order valence-corrected chi connectivity index (χ4v) is 2.76. The molecule has 14 heavy (non-hydrogen) atoms. The smallest absolute Gasteiger partial charge is 0.328 e. The Labute approximate surface area is 89.0 Å². The molecule has 3 nitrogen and oxygen atoms in total. The molecular weight excluding hydrogens is 198 g/mol. The van der Waals surface area contributed by atoms with Gasteiger partial charge in [0, 0.05) is 12.6 Å². The van der Waals surface area contributed by atoms with Crippen molar-refractivity contribution in [3.05, 3.63) is 11.6 Å². The third-order valence-corrected chi connectivity index (χ3v) is 3.46. The lowest BCUT2D eigenvalue weighted by Crippen LogP contribution is -2.24. The van der Waals surface area contributed by atoms with Crippen LogP contribution >= 0.6 is 11.8 Å². The van der Waals surface area contributed by atoms with Crippen molar-refractivity contribution in [2.75, 3.05) is 24.6 Å². The Balaban J connectivity index is 2.11. The summed E-state index contributed by atoms with van der Waals surface area (Å²) in [7, 11) is 0.